The largest absolute Gasteiger partial charge is 0.481 e. The molecule has 0 unspecified atom stereocenters. The van der Waals surface area contributed by atoms with E-state index in [1.54, 1.807) is 19.1 Å². The summed E-state index contributed by atoms with van der Waals surface area (Å²) in [5.41, 5.74) is 4.62. The van der Waals surface area contributed by atoms with Crippen LogP contribution in [0.4, 0.5) is 0 Å². The lowest BCUT2D eigenvalue weighted by atomic mass is 9.86. The Bertz CT molecular complexity index is 659. The van der Waals surface area contributed by atoms with Gasteiger partial charge in [0.05, 0.1) is 0 Å². The molecule has 4 nitrogen and oxygen atoms in total. The zero-order chi connectivity index (χ0) is 17.3. The first-order valence-electron chi connectivity index (χ1n) is 8.71. The Morgan fingerprint density at radius 1 is 1.38 bits per heavy atom. The Labute approximate surface area is 148 Å². The number of nitrogens with one attached hydrogen (secondary N) is 1. The molecule has 5 heteroatoms. The summed E-state index contributed by atoms with van der Waals surface area (Å²) in [6.07, 6.45) is 4.63. The second-order valence-corrected chi connectivity index (χ2v) is 7.62. The predicted octanol–water partition coefficient (Wildman–Crippen LogP) is 4.34. The normalized spacial score (nSPS) is 27.2. The van der Waals surface area contributed by atoms with Crippen molar-refractivity contribution < 1.29 is 9.53 Å². The van der Waals surface area contributed by atoms with E-state index in [0.717, 1.165) is 23.1 Å². The van der Waals surface area contributed by atoms with E-state index in [4.69, 9.17) is 16.3 Å². The van der Waals surface area contributed by atoms with Crippen molar-refractivity contribution in [1.29, 1.82) is 0 Å². The molecule has 2 aliphatic carbocycles. The van der Waals surface area contributed by atoms with Crippen LogP contribution in [0.5, 0.6) is 5.75 Å². The van der Waals surface area contributed by atoms with Gasteiger partial charge >= 0.3 is 0 Å². The highest BCUT2D eigenvalue weighted by atomic mass is 35.5. The number of carbonyl (C=O) groups excluding carboxylic acids is 1. The monoisotopic (exact) mass is 348 g/mol. The molecular weight excluding hydrogens is 324 g/mol. The number of nitrogens with zero attached hydrogens (tertiary/aromatic N) is 1. The molecule has 0 heterocycles. The molecule has 1 amide bonds. The van der Waals surface area contributed by atoms with E-state index < -0.39 is 6.10 Å². The van der Waals surface area contributed by atoms with Crippen LogP contribution < -0.4 is 10.2 Å². The fourth-order valence-electron chi connectivity index (χ4n) is 4.06. The number of rotatable bonds is 5. The summed E-state index contributed by atoms with van der Waals surface area (Å²) < 4.78 is 5.73. The van der Waals surface area contributed by atoms with Crippen LogP contribution >= 0.6 is 11.6 Å². The van der Waals surface area contributed by atoms with Crippen LogP contribution in [0.15, 0.2) is 23.3 Å². The van der Waals surface area contributed by atoms with E-state index in [1.807, 2.05) is 19.9 Å². The van der Waals surface area contributed by atoms with Gasteiger partial charge in [-0.2, -0.15) is 5.10 Å². The number of ether oxygens (including phenoxy) is 1. The molecule has 1 aromatic rings. The average molecular weight is 349 g/mol. The first kappa shape index (κ1) is 17.3. The number of aryl methyl sites for hydroxylation is 1. The van der Waals surface area contributed by atoms with Gasteiger partial charge in [-0.3, -0.25) is 4.79 Å². The smallest absolute Gasteiger partial charge is 0.280 e. The van der Waals surface area contributed by atoms with Crippen molar-refractivity contribution in [1.82, 2.24) is 5.43 Å². The number of fused-ring (bicyclic) bond motifs is 2. The van der Waals surface area contributed by atoms with Crippen molar-refractivity contribution in [3.63, 3.8) is 0 Å². The molecule has 0 aromatic heterocycles. The number of hydrazone groups is 1. The molecule has 0 saturated heterocycles. The van der Waals surface area contributed by atoms with Crippen molar-refractivity contribution in [3.05, 3.63) is 28.8 Å². The van der Waals surface area contributed by atoms with Crippen LogP contribution in [0.2, 0.25) is 5.02 Å². The molecule has 2 bridgehead atoms. The van der Waals surface area contributed by atoms with Crippen LogP contribution in [-0.4, -0.2) is 17.7 Å². The topological polar surface area (TPSA) is 50.7 Å². The average Bonchev–Trinajstić information content (AvgIpc) is 3.17. The summed E-state index contributed by atoms with van der Waals surface area (Å²) in [7, 11) is 0. The number of benzene rings is 1. The molecule has 0 radical (unpaired) electrons. The van der Waals surface area contributed by atoms with Crippen molar-refractivity contribution in [2.75, 3.05) is 0 Å². The molecule has 3 rings (SSSR count). The summed E-state index contributed by atoms with van der Waals surface area (Å²) in [5.74, 6) is 2.61. The number of hydrogen-bond donors (Lipinski definition) is 1. The van der Waals surface area contributed by atoms with E-state index in [-0.39, 0.29) is 5.91 Å². The Morgan fingerprint density at radius 3 is 2.79 bits per heavy atom. The van der Waals surface area contributed by atoms with Crippen LogP contribution in [0.1, 0.15) is 45.1 Å². The van der Waals surface area contributed by atoms with E-state index in [0.29, 0.717) is 16.7 Å². The molecule has 4 atom stereocenters. The molecule has 1 N–H and O–H groups in total. The number of amides is 1. The SMILES string of the molecule is C/C(=N\NC(=O)[C@H](C)Oc1ccc(Cl)cc1C)[C@H]1C[C@H]2CC[C@H]1C2. The van der Waals surface area contributed by atoms with Gasteiger partial charge in [-0.1, -0.05) is 18.0 Å². The third kappa shape index (κ3) is 3.75. The highest BCUT2D eigenvalue weighted by Crippen LogP contribution is 2.48. The van der Waals surface area contributed by atoms with Gasteiger partial charge in [-0.15, -0.1) is 0 Å². The second-order valence-electron chi connectivity index (χ2n) is 7.18. The van der Waals surface area contributed by atoms with Crippen molar-refractivity contribution in [2.45, 2.75) is 52.6 Å². The van der Waals surface area contributed by atoms with Gasteiger partial charge in [0, 0.05) is 16.7 Å². The zero-order valence-corrected chi connectivity index (χ0v) is 15.3. The van der Waals surface area contributed by atoms with Gasteiger partial charge < -0.3 is 4.74 Å². The lowest BCUT2D eigenvalue weighted by Crippen LogP contribution is -2.34. The Hall–Kier alpha value is -1.55. The lowest BCUT2D eigenvalue weighted by molar-refractivity contribution is -0.127. The Kier molecular flexibility index (Phi) is 5.14. The first-order chi connectivity index (χ1) is 11.4. The first-order valence-corrected chi connectivity index (χ1v) is 9.08. The third-order valence-electron chi connectivity index (χ3n) is 5.43. The Balaban J connectivity index is 1.55. The Morgan fingerprint density at radius 2 is 2.17 bits per heavy atom. The van der Waals surface area contributed by atoms with Crippen molar-refractivity contribution in [3.8, 4) is 5.75 Å². The van der Waals surface area contributed by atoms with Gasteiger partial charge in [-0.05, 0) is 75.6 Å². The maximum absolute atomic E-state index is 12.2. The fourth-order valence-corrected chi connectivity index (χ4v) is 4.29. The minimum absolute atomic E-state index is 0.230. The molecule has 2 fully saturated rings. The quantitative estimate of drug-likeness (QED) is 0.635. The second kappa shape index (κ2) is 7.14. The van der Waals surface area contributed by atoms with E-state index in [9.17, 15) is 4.79 Å². The van der Waals surface area contributed by atoms with Gasteiger partial charge in [0.15, 0.2) is 6.10 Å². The van der Waals surface area contributed by atoms with Crippen LogP contribution in [0.25, 0.3) is 0 Å². The fraction of sp³-hybridized carbons (Fsp3) is 0.579. The minimum atomic E-state index is -0.610. The van der Waals surface area contributed by atoms with Crippen molar-refractivity contribution >= 4 is 23.2 Å². The van der Waals surface area contributed by atoms with Gasteiger partial charge in [0.25, 0.3) is 5.91 Å². The molecule has 2 aliphatic rings. The van der Waals surface area contributed by atoms with E-state index >= 15 is 0 Å². The molecule has 0 spiro atoms. The molecule has 0 aliphatic heterocycles. The summed E-state index contributed by atoms with van der Waals surface area (Å²) in [6, 6.07) is 5.36. The minimum Gasteiger partial charge on any atom is -0.481 e. The summed E-state index contributed by atoms with van der Waals surface area (Å²) in [4.78, 5) is 12.2. The molecule has 1 aromatic carbocycles. The van der Waals surface area contributed by atoms with Gasteiger partial charge in [0.1, 0.15) is 5.75 Å². The van der Waals surface area contributed by atoms with Gasteiger partial charge in [0.2, 0.25) is 0 Å². The standard InChI is InChI=1S/C19H25ClN2O2/c1-11-8-16(20)6-7-18(11)24-13(3)19(23)22-21-12(2)17-10-14-4-5-15(17)9-14/h6-8,13-15,17H,4-5,9-10H2,1-3H3,(H,22,23)/b21-12+/t13-,14-,15-,17+/m0/s1. The van der Waals surface area contributed by atoms with Crippen LogP contribution in [-0.2, 0) is 4.79 Å². The number of carbonyl (C=O) groups is 1. The highest BCUT2D eigenvalue weighted by molar-refractivity contribution is 6.30. The van der Waals surface area contributed by atoms with Crippen LogP contribution in [0.3, 0.4) is 0 Å². The maximum Gasteiger partial charge on any atom is 0.280 e. The number of hydrogen-bond acceptors (Lipinski definition) is 3. The van der Waals surface area contributed by atoms with Crippen molar-refractivity contribution in [2.24, 2.45) is 22.9 Å². The predicted molar refractivity (Wildman–Crippen MR) is 96.5 cm³/mol. The maximum atomic E-state index is 12.2. The van der Waals surface area contributed by atoms with Gasteiger partial charge in [-0.25, -0.2) is 5.43 Å². The number of halogens is 1. The summed E-state index contributed by atoms with van der Waals surface area (Å²) >= 11 is 5.94. The molecule has 2 saturated carbocycles. The summed E-state index contributed by atoms with van der Waals surface area (Å²) in [5, 5.41) is 5.00. The van der Waals surface area contributed by atoms with Crippen LogP contribution in [0, 0.1) is 24.7 Å². The lowest BCUT2D eigenvalue weighted by Gasteiger charge is -2.21. The molecule has 130 valence electrons. The third-order valence-corrected chi connectivity index (χ3v) is 5.66. The highest BCUT2D eigenvalue weighted by Gasteiger charge is 2.40. The zero-order valence-electron chi connectivity index (χ0n) is 14.5. The molecular formula is C19H25ClN2O2. The van der Waals surface area contributed by atoms with E-state index in [2.05, 4.69) is 10.5 Å². The summed E-state index contributed by atoms with van der Waals surface area (Å²) in [6.45, 7) is 5.66. The van der Waals surface area contributed by atoms with E-state index in [1.165, 1.54) is 25.7 Å². The molecule has 24 heavy (non-hydrogen) atoms.